The maximum atomic E-state index is 12.7. The van der Waals surface area contributed by atoms with E-state index in [1.807, 2.05) is 36.6 Å². The van der Waals surface area contributed by atoms with E-state index in [0.29, 0.717) is 22.7 Å². The van der Waals surface area contributed by atoms with Crippen LogP contribution in [0, 0.1) is 0 Å². The highest BCUT2D eigenvalue weighted by Crippen LogP contribution is 2.29. The minimum Gasteiger partial charge on any atom is -0.325 e. The number of rotatable bonds is 8. The summed E-state index contributed by atoms with van der Waals surface area (Å²) in [5, 5.41) is 12.2. The van der Waals surface area contributed by atoms with Crippen LogP contribution in [-0.4, -0.2) is 25.5 Å². The third-order valence-corrected chi connectivity index (χ3v) is 7.38. The molecule has 2 amide bonds. The molecule has 0 fully saturated rings. The van der Waals surface area contributed by atoms with Crippen LogP contribution in [0.4, 0.5) is 11.4 Å². The Labute approximate surface area is 189 Å². The number of nitrogens with two attached hydrogens (primary N) is 1. The number of thioether (sulfide) groups is 1. The number of hydrogen-bond acceptors (Lipinski definition) is 6. The zero-order chi connectivity index (χ0) is 22.4. The molecule has 1 aromatic heterocycles. The predicted molar refractivity (Wildman–Crippen MR) is 125 cm³/mol. The highest BCUT2D eigenvalue weighted by Gasteiger charge is 2.19. The minimum absolute atomic E-state index is 0.0201. The molecule has 0 saturated carbocycles. The molecular weight excluding hydrogens is 454 g/mol. The van der Waals surface area contributed by atoms with Crippen LogP contribution in [0.5, 0.6) is 0 Å². The van der Waals surface area contributed by atoms with Crippen LogP contribution in [0.15, 0.2) is 75.8 Å². The van der Waals surface area contributed by atoms with Crippen molar-refractivity contribution >= 4 is 56.3 Å². The monoisotopic (exact) mass is 475 g/mol. The summed E-state index contributed by atoms with van der Waals surface area (Å²) < 4.78 is 22.7. The predicted octanol–water partition coefficient (Wildman–Crippen LogP) is 4.16. The highest BCUT2D eigenvalue weighted by molar-refractivity contribution is 8.00. The second-order valence-electron chi connectivity index (χ2n) is 6.53. The van der Waals surface area contributed by atoms with Gasteiger partial charge in [-0.1, -0.05) is 19.1 Å². The van der Waals surface area contributed by atoms with Crippen molar-refractivity contribution in [1.82, 2.24) is 0 Å². The van der Waals surface area contributed by atoms with E-state index in [9.17, 15) is 18.0 Å². The number of carbonyl (C=O) groups excluding carboxylic acids is 2. The van der Waals surface area contributed by atoms with Crippen LogP contribution >= 0.6 is 23.1 Å². The molecule has 4 N–H and O–H groups in total. The second-order valence-corrected chi connectivity index (χ2v) is 10.3. The van der Waals surface area contributed by atoms with E-state index in [2.05, 4.69) is 10.6 Å². The largest absolute Gasteiger partial charge is 0.325 e. The molecule has 10 heteroatoms. The highest BCUT2D eigenvalue weighted by atomic mass is 32.2. The molecule has 2 aromatic carbocycles. The summed E-state index contributed by atoms with van der Waals surface area (Å²) in [6.45, 7) is 1.91. The van der Waals surface area contributed by atoms with Crippen molar-refractivity contribution in [3.05, 3.63) is 70.9 Å². The van der Waals surface area contributed by atoms with Crippen molar-refractivity contribution in [3.63, 3.8) is 0 Å². The summed E-state index contributed by atoms with van der Waals surface area (Å²) in [6, 6.07) is 16.6. The third-order valence-electron chi connectivity index (χ3n) is 4.23. The van der Waals surface area contributed by atoms with Gasteiger partial charge in [-0.15, -0.1) is 23.1 Å². The molecule has 31 heavy (non-hydrogen) atoms. The summed E-state index contributed by atoms with van der Waals surface area (Å²) in [6.07, 6.45) is 0.581. The van der Waals surface area contributed by atoms with E-state index in [1.165, 1.54) is 47.4 Å². The van der Waals surface area contributed by atoms with E-state index in [1.54, 1.807) is 12.1 Å². The number of carbonyl (C=O) groups is 2. The van der Waals surface area contributed by atoms with Crippen molar-refractivity contribution in [2.24, 2.45) is 5.14 Å². The van der Waals surface area contributed by atoms with Gasteiger partial charge in [-0.2, -0.15) is 0 Å². The number of hydrogen-bond donors (Lipinski definition) is 3. The maximum absolute atomic E-state index is 12.7. The van der Waals surface area contributed by atoms with E-state index < -0.39 is 10.0 Å². The quantitative estimate of drug-likeness (QED) is 0.423. The molecule has 1 unspecified atom stereocenters. The first kappa shape index (κ1) is 23.0. The Balaban J connectivity index is 1.65. The van der Waals surface area contributed by atoms with Crippen molar-refractivity contribution in [3.8, 4) is 0 Å². The number of nitrogens with one attached hydrogen (secondary N) is 2. The molecule has 1 heterocycles. The van der Waals surface area contributed by atoms with Gasteiger partial charge in [-0.25, -0.2) is 13.6 Å². The number of sulfonamides is 1. The van der Waals surface area contributed by atoms with Gasteiger partial charge in [0.25, 0.3) is 5.91 Å². The normalized spacial score (nSPS) is 12.2. The van der Waals surface area contributed by atoms with Crippen LogP contribution in [0.3, 0.4) is 0 Å². The fourth-order valence-corrected chi connectivity index (χ4v) is 4.83. The van der Waals surface area contributed by atoms with Crippen LogP contribution < -0.4 is 15.8 Å². The Bertz CT molecular complexity index is 1160. The number of thiophene rings is 1. The van der Waals surface area contributed by atoms with Crippen LogP contribution in [0.2, 0.25) is 0 Å². The lowest BCUT2D eigenvalue weighted by Gasteiger charge is -2.15. The van der Waals surface area contributed by atoms with Gasteiger partial charge < -0.3 is 10.6 Å². The van der Waals surface area contributed by atoms with Crippen molar-refractivity contribution in [1.29, 1.82) is 0 Å². The molecule has 1 atom stereocenters. The Morgan fingerprint density at radius 3 is 2.39 bits per heavy atom. The average molecular weight is 476 g/mol. The van der Waals surface area contributed by atoms with Crippen molar-refractivity contribution in [2.75, 3.05) is 10.6 Å². The molecule has 7 nitrogen and oxygen atoms in total. The number of amides is 2. The molecule has 0 bridgehead atoms. The summed E-state index contributed by atoms with van der Waals surface area (Å²) in [4.78, 5) is 26.4. The standard InChI is InChI=1S/C21H21N3O4S3/c1-2-18(20(25)23-14-8-10-17(11-9-14)31(22,27)28)30-16-6-3-5-15(13-16)24-21(26)19-7-4-12-29-19/h3-13,18H,2H2,1H3,(H,23,25)(H,24,26)(H2,22,27,28). The summed E-state index contributed by atoms with van der Waals surface area (Å²) >= 11 is 2.75. The first-order chi connectivity index (χ1) is 14.8. The number of primary sulfonamides is 1. The summed E-state index contributed by atoms with van der Waals surface area (Å²) in [5.74, 6) is -0.381. The average Bonchev–Trinajstić information content (AvgIpc) is 3.27. The molecule has 3 aromatic rings. The van der Waals surface area contributed by atoms with E-state index in [4.69, 9.17) is 5.14 Å². The zero-order valence-corrected chi connectivity index (χ0v) is 19.0. The van der Waals surface area contributed by atoms with Gasteiger partial charge in [0.05, 0.1) is 15.0 Å². The maximum Gasteiger partial charge on any atom is 0.265 e. The van der Waals surface area contributed by atoms with Gasteiger partial charge in [0.2, 0.25) is 15.9 Å². The second kappa shape index (κ2) is 10.1. The fraction of sp³-hybridized carbons (Fsp3) is 0.143. The SMILES string of the molecule is CCC(Sc1cccc(NC(=O)c2cccs2)c1)C(=O)Nc1ccc(S(N)(=O)=O)cc1. The molecule has 3 rings (SSSR count). The summed E-state index contributed by atoms with van der Waals surface area (Å²) in [5.41, 5.74) is 1.13. The molecular formula is C21H21N3O4S3. The smallest absolute Gasteiger partial charge is 0.265 e. The molecule has 0 radical (unpaired) electrons. The van der Waals surface area contributed by atoms with Gasteiger partial charge in [0, 0.05) is 16.3 Å². The van der Waals surface area contributed by atoms with Gasteiger partial charge in [-0.05, 0) is 60.3 Å². The lowest BCUT2D eigenvalue weighted by Crippen LogP contribution is -2.24. The molecule has 0 aliphatic rings. The Kier molecular flexibility index (Phi) is 7.50. The topological polar surface area (TPSA) is 118 Å². The molecule has 162 valence electrons. The van der Waals surface area contributed by atoms with Gasteiger partial charge in [0.15, 0.2) is 0 Å². The zero-order valence-electron chi connectivity index (χ0n) is 16.6. The Hall–Kier alpha value is -2.66. The van der Waals surface area contributed by atoms with E-state index in [0.717, 1.165) is 4.90 Å². The lowest BCUT2D eigenvalue weighted by atomic mass is 10.2. The number of anilines is 2. The van der Waals surface area contributed by atoms with Gasteiger partial charge in [-0.3, -0.25) is 9.59 Å². The van der Waals surface area contributed by atoms with Crippen LogP contribution in [0.1, 0.15) is 23.0 Å². The van der Waals surface area contributed by atoms with Gasteiger partial charge in [0.1, 0.15) is 0 Å². The van der Waals surface area contributed by atoms with E-state index >= 15 is 0 Å². The fourth-order valence-electron chi connectivity index (χ4n) is 2.68. The Morgan fingerprint density at radius 1 is 1.03 bits per heavy atom. The lowest BCUT2D eigenvalue weighted by molar-refractivity contribution is -0.115. The molecule has 0 aliphatic carbocycles. The van der Waals surface area contributed by atoms with Crippen LogP contribution in [-0.2, 0) is 14.8 Å². The van der Waals surface area contributed by atoms with Crippen molar-refractivity contribution in [2.45, 2.75) is 28.4 Å². The molecule has 0 saturated heterocycles. The van der Waals surface area contributed by atoms with Gasteiger partial charge >= 0.3 is 0 Å². The third kappa shape index (κ3) is 6.41. The first-order valence-corrected chi connectivity index (χ1v) is 12.6. The summed E-state index contributed by atoms with van der Waals surface area (Å²) in [7, 11) is -3.78. The van der Waals surface area contributed by atoms with Crippen LogP contribution in [0.25, 0.3) is 0 Å². The van der Waals surface area contributed by atoms with E-state index in [-0.39, 0.29) is 22.0 Å². The minimum atomic E-state index is -3.78. The molecule has 0 spiro atoms. The number of benzene rings is 2. The van der Waals surface area contributed by atoms with Crippen molar-refractivity contribution < 1.29 is 18.0 Å². The first-order valence-electron chi connectivity index (χ1n) is 9.31. The Morgan fingerprint density at radius 2 is 1.77 bits per heavy atom. The molecule has 0 aliphatic heterocycles.